The average molecular weight is 296 g/mol. The van der Waals surface area contributed by atoms with E-state index in [1.54, 1.807) is 7.11 Å². The zero-order chi connectivity index (χ0) is 14.0. The van der Waals surface area contributed by atoms with Crippen LogP contribution in [0.3, 0.4) is 0 Å². The quantitative estimate of drug-likeness (QED) is 0.870. The van der Waals surface area contributed by atoms with Crippen molar-refractivity contribution in [3.05, 3.63) is 17.0 Å². The van der Waals surface area contributed by atoms with E-state index in [0.717, 1.165) is 25.3 Å². The molecule has 0 bridgehead atoms. The molecule has 0 radical (unpaired) electrons. The number of halogens is 4. The van der Waals surface area contributed by atoms with Gasteiger partial charge in [0.1, 0.15) is 5.82 Å². The normalized spacial score (nSPS) is 23.6. The van der Waals surface area contributed by atoms with Gasteiger partial charge in [-0.3, -0.25) is 0 Å². The van der Waals surface area contributed by atoms with Gasteiger partial charge in [-0.1, -0.05) is 0 Å². The molecule has 0 saturated heterocycles. The van der Waals surface area contributed by atoms with E-state index in [4.69, 9.17) is 16.3 Å². The lowest BCUT2D eigenvalue weighted by Gasteiger charge is -2.15. The summed E-state index contributed by atoms with van der Waals surface area (Å²) in [6.07, 6.45) is -1.97. The topological polar surface area (TPSA) is 47.0 Å². The number of nitrogens with zero attached hydrogens (tertiary/aromatic N) is 2. The first-order valence-corrected chi connectivity index (χ1v) is 6.17. The van der Waals surface area contributed by atoms with Crippen LogP contribution in [0.4, 0.5) is 19.0 Å². The number of hydrogen-bond donors (Lipinski definition) is 1. The molecule has 0 spiro atoms. The van der Waals surface area contributed by atoms with E-state index in [1.807, 2.05) is 0 Å². The van der Waals surface area contributed by atoms with E-state index in [1.165, 1.54) is 0 Å². The van der Waals surface area contributed by atoms with E-state index in [9.17, 15) is 13.2 Å². The number of nitrogens with one attached hydrogen (secondary N) is 1. The van der Waals surface area contributed by atoms with Gasteiger partial charge in [-0.2, -0.15) is 13.2 Å². The number of rotatable bonds is 3. The van der Waals surface area contributed by atoms with Crippen molar-refractivity contribution in [1.29, 1.82) is 0 Å². The highest BCUT2D eigenvalue weighted by atomic mass is 35.5. The molecule has 1 aromatic rings. The Morgan fingerprint density at radius 1 is 1.37 bits per heavy atom. The van der Waals surface area contributed by atoms with Crippen LogP contribution in [0.1, 0.15) is 25.0 Å². The first kappa shape index (κ1) is 14.3. The molecule has 1 N–H and O–H groups in total. The van der Waals surface area contributed by atoms with Gasteiger partial charge in [-0.25, -0.2) is 9.97 Å². The second-order valence-corrected chi connectivity index (χ2v) is 4.76. The molecule has 8 heteroatoms. The van der Waals surface area contributed by atoms with Crippen LogP contribution in [-0.2, 0) is 10.9 Å². The summed E-state index contributed by atoms with van der Waals surface area (Å²) in [4.78, 5) is 6.94. The third kappa shape index (κ3) is 3.70. The van der Waals surface area contributed by atoms with Crippen molar-refractivity contribution < 1.29 is 17.9 Å². The molecule has 1 fully saturated rings. The summed E-state index contributed by atoms with van der Waals surface area (Å²) in [5.41, 5.74) is -1.05. The molecule has 0 aliphatic heterocycles. The van der Waals surface area contributed by atoms with Gasteiger partial charge in [0.25, 0.3) is 0 Å². The zero-order valence-electron chi connectivity index (χ0n) is 10.2. The van der Waals surface area contributed by atoms with E-state index in [0.29, 0.717) is 0 Å². The SMILES string of the molecule is COC1CCC(Nc2cc(C(F)(F)F)nc(Cl)n2)C1. The molecule has 2 rings (SSSR count). The lowest BCUT2D eigenvalue weighted by molar-refractivity contribution is -0.141. The Hall–Kier alpha value is -1.08. The van der Waals surface area contributed by atoms with Gasteiger partial charge in [0, 0.05) is 19.2 Å². The minimum atomic E-state index is -4.53. The molecule has 4 nitrogen and oxygen atoms in total. The van der Waals surface area contributed by atoms with E-state index in [-0.39, 0.29) is 18.0 Å². The first-order chi connectivity index (χ1) is 8.88. The van der Waals surface area contributed by atoms with Crippen LogP contribution in [0.2, 0.25) is 5.28 Å². The zero-order valence-corrected chi connectivity index (χ0v) is 10.9. The number of anilines is 1. The van der Waals surface area contributed by atoms with Gasteiger partial charge in [-0.05, 0) is 30.9 Å². The second kappa shape index (κ2) is 5.50. The van der Waals surface area contributed by atoms with Crippen LogP contribution in [0, 0.1) is 0 Å². The first-order valence-electron chi connectivity index (χ1n) is 5.79. The Morgan fingerprint density at radius 2 is 2.11 bits per heavy atom. The lowest BCUT2D eigenvalue weighted by atomic mass is 10.2. The van der Waals surface area contributed by atoms with Crippen molar-refractivity contribution in [1.82, 2.24) is 9.97 Å². The van der Waals surface area contributed by atoms with Crippen LogP contribution in [-0.4, -0.2) is 29.2 Å². The largest absolute Gasteiger partial charge is 0.433 e. The summed E-state index contributed by atoms with van der Waals surface area (Å²) in [5.74, 6) is 0.0917. The Kier molecular flexibility index (Phi) is 4.15. The third-order valence-corrected chi connectivity index (χ3v) is 3.23. The summed E-state index contributed by atoms with van der Waals surface area (Å²) >= 11 is 5.51. The molecule has 2 unspecified atom stereocenters. The predicted octanol–water partition coefficient (Wildman–Crippen LogP) is 3.13. The van der Waals surface area contributed by atoms with Crippen molar-refractivity contribution in [3.8, 4) is 0 Å². The van der Waals surface area contributed by atoms with Gasteiger partial charge in [-0.15, -0.1) is 0 Å². The molecule has 1 saturated carbocycles. The minimum Gasteiger partial charge on any atom is -0.381 e. The molecular formula is C11H13ClF3N3O. The maximum Gasteiger partial charge on any atom is 0.433 e. The minimum absolute atomic E-state index is 0.0389. The Morgan fingerprint density at radius 3 is 2.68 bits per heavy atom. The van der Waals surface area contributed by atoms with Crippen molar-refractivity contribution in [3.63, 3.8) is 0 Å². The Balaban J connectivity index is 2.11. The molecule has 1 aliphatic rings. The second-order valence-electron chi connectivity index (χ2n) is 4.42. The highest BCUT2D eigenvalue weighted by Gasteiger charge is 2.34. The highest BCUT2D eigenvalue weighted by molar-refractivity contribution is 6.28. The molecule has 2 atom stereocenters. The number of ether oxygens (including phenoxy) is 1. The Labute approximate surface area is 113 Å². The van der Waals surface area contributed by atoms with E-state index >= 15 is 0 Å². The van der Waals surface area contributed by atoms with Crippen LogP contribution >= 0.6 is 11.6 Å². The van der Waals surface area contributed by atoms with Gasteiger partial charge < -0.3 is 10.1 Å². The molecule has 0 amide bonds. The van der Waals surface area contributed by atoms with Crippen LogP contribution < -0.4 is 5.32 Å². The van der Waals surface area contributed by atoms with Gasteiger partial charge in [0.2, 0.25) is 5.28 Å². The monoisotopic (exact) mass is 295 g/mol. The number of methoxy groups -OCH3 is 1. The standard InChI is InChI=1S/C11H13ClF3N3O/c1-19-7-3-2-6(4-7)16-9-5-8(11(13,14)15)17-10(12)18-9/h5-7H,2-4H2,1H3,(H,16,17,18). The maximum absolute atomic E-state index is 12.6. The highest BCUT2D eigenvalue weighted by Crippen LogP contribution is 2.31. The van der Waals surface area contributed by atoms with Crippen molar-refractivity contribution in [2.24, 2.45) is 0 Å². The van der Waals surface area contributed by atoms with Gasteiger partial charge >= 0.3 is 6.18 Å². The summed E-state index contributed by atoms with van der Waals surface area (Å²) in [6.45, 7) is 0. The summed E-state index contributed by atoms with van der Waals surface area (Å²) in [5, 5.41) is 2.52. The van der Waals surface area contributed by atoms with Crippen molar-refractivity contribution in [2.45, 2.75) is 37.6 Å². The third-order valence-electron chi connectivity index (χ3n) is 3.06. The molecule has 1 aromatic heterocycles. The molecule has 1 heterocycles. The van der Waals surface area contributed by atoms with E-state index < -0.39 is 17.2 Å². The van der Waals surface area contributed by atoms with Crippen LogP contribution in [0.25, 0.3) is 0 Å². The molecular weight excluding hydrogens is 283 g/mol. The number of aromatic nitrogens is 2. The summed E-state index contributed by atoms with van der Waals surface area (Å²) in [7, 11) is 1.62. The predicted molar refractivity (Wildman–Crippen MR) is 64.1 cm³/mol. The number of hydrogen-bond acceptors (Lipinski definition) is 4. The van der Waals surface area contributed by atoms with Gasteiger partial charge in [0.15, 0.2) is 5.69 Å². The summed E-state index contributed by atoms with van der Waals surface area (Å²) in [6, 6.07) is 0.906. The summed E-state index contributed by atoms with van der Waals surface area (Å²) < 4.78 is 42.9. The molecule has 0 aromatic carbocycles. The average Bonchev–Trinajstić information content (AvgIpc) is 2.75. The fourth-order valence-corrected chi connectivity index (χ4v) is 2.31. The van der Waals surface area contributed by atoms with Crippen molar-refractivity contribution in [2.75, 3.05) is 12.4 Å². The molecule has 106 valence electrons. The maximum atomic E-state index is 12.6. The van der Waals surface area contributed by atoms with Crippen LogP contribution in [0.5, 0.6) is 0 Å². The molecule has 19 heavy (non-hydrogen) atoms. The van der Waals surface area contributed by atoms with Crippen molar-refractivity contribution >= 4 is 17.4 Å². The molecule has 1 aliphatic carbocycles. The van der Waals surface area contributed by atoms with Gasteiger partial charge in [0.05, 0.1) is 6.10 Å². The van der Waals surface area contributed by atoms with Crippen LogP contribution in [0.15, 0.2) is 6.07 Å². The smallest absolute Gasteiger partial charge is 0.381 e. The van der Waals surface area contributed by atoms with E-state index in [2.05, 4.69) is 15.3 Å². The fraction of sp³-hybridized carbons (Fsp3) is 0.636. The number of alkyl halides is 3. The Bertz CT molecular complexity index is 455. The fourth-order valence-electron chi connectivity index (χ4n) is 2.13. The lowest BCUT2D eigenvalue weighted by Crippen LogP contribution is -2.19.